The second kappa shape index (κ2) is 11.4. The number of esters is 1. The minimum Gasteiger partial charge on any atom is -0.469 e. The van der Waals surface area contributed by atoms with E-state index in [-0.39, 0.29) is 30.4 Å². The number of rotatable bonds is 8. The third kappa shape index (κ3) is 8.61. The molecule has 1 rings (SSSR count). The smallest absolute Gasteiger partial charge is 0.407 e. The van der Waals surface area contributed by atoms with Gasteiger partial charge in [0.25, 0.3) is 0 Å². The molecule has 184 valence electrons. The van der Waals surface area contributed by atoms with Crippen molar-refractivity contribution in [3.05, 3.63) is 10.4 Å². The summed E-state index contributed by atoms with van der Waals surface area (Å²) in [6.07, 6.45) is -0.671. The van der Waals surface area contributed by atoms with E-state index in [9.17, 15) is 9.59 Å². The fourth-order valence-electron chi connectivity index (χ4n) is 3.31. The van der Waals surface area contributed by atoms with Gasteiger partial charge in [0.2, 0.25) is 0 Å². The number of methoxy groups -OCH3 is 1. The van der Waals surface area contributed by atoms with Crippen LogP contribution in [0.25, 0.3) is 10.4 Å². The Balaban J connectivity index is 3.14. The van der Waals surface area contributed by atoms with Crippen LogP contribution in [0.4, 0.5) is 4.79 Å². The zero-order chi connectivity index (χ0) is 24.7. The number of nitrogens with zero attached hydrogens (tertiary/aromatic N) is 3. The summed E-state index contributed by atoms with van der Waals surface area (Å²) in [5, 5.41) is 6.30. The van der Waals surface area contributed by atoms with E-state index in [0.717, 1.165) is 0 Å². The van der Waals surface area contributed by atoms with Gasteiger partial charge in [-0.2, -0.15) is 0 Å². The average molecular weight is 473 g/mol. The van der Waals surface area contributed by atoms with Crippen molar-refractivity contribution < 1.29 is 28.2 Å². The molecule has 11 heteroatoms. The molecule has 1 fully saturated rings. The summed E-state index contributed by atoms with van der Waals surface area (Å²) in [7, 11) is -0.843. The Labute approximate surface area is 192 Å². The Kier molecular flexibility index (Phi) is 10.0. The number of carbonyl (C=O) groups excluding carboxylic acids is 2. The fraction of sp³-hybridized carbons (Fsp3) is 0.905. The number of hydrogen-bond acceptors (Lipinski definition) is 7. The first kappa shape index (κ1) is 28.2. The first-order valence-corrected chi connectivity index (χ1v) is 13.9. The van der Waals surface area contributed by atoms with Crippen LogP contribution in [0.2, 0.25) is 18.1 Å². The molecule has 0 heterocycles. The molecule has 0 saturated heterocycles. The highest BCUT2D eigenvalue weighted by atomic mass is 28.4. The zero-order valence-corrected chi connectivity index (χ0v) is 21.9. The summed E-state index contributed by atoms with van der Waals surface area (Å²) >= 11 is 0. The van der Waals surface area contributed by atoms with Gasteiger partial charge in [-0.25, -0.2) is 4.79 Å². The van der Waals surface area contributed by atoms with Gasteiger partial charge in [-0.1, -0.05) is 25.9 Å². The van der Waals surface area contributed by atoms with Crippen molar-refractivity contribution in [3.63, 3.8) is 0 Å². The molecule has 0 bridgehead atoms. The van der Waals surface area contributed by atoms with Crippen molar-refractivity contribution in [1.29, 1.82) is 0 Å². The summed E-state index contributed by atoms with van der Waals surface area (Å²) in [4.78, 5) is 27.8. The van der Waals surface area contributed by atoms with Gasteiger partial charge in [0.1, 0.15) is 5.60 Å². The van der Waals surface area contributed by atoms with Gasteiger partial charge < -0.3 is 24.0 Å². The van der Waals surface area contributed by atoms with Crippen molar-refractivity contribution in [3.8, 4) is 0 Å². The predicted octanol–water partition coefficient (Wildman–Crippen LogP) is 4.55. The lowest BCUT2D eigenvalue weighted by atomic mass is 9.81. The number of alkyl carbamates (subject to hydrolysis) is 1. The van der Waals surface area contributed by atoms with Crippen LogP contribution in [0.3, 0.4) is 0 Å². The summed E-state index contributed by atoms with van der Waals surface area (Å²) in [5.74, 6) is -1.01. The van der Waals surface area contributed by atoms with Gasteiger partial charge in [0.05, 0.1) is 31.8 Å². The van der Waals surface area contributed by atoms with E-state index in [1.54, 1.807) is 20.8 Å². The summed E-state index contributed by atoms with van der Waals surface area (Å²) < 4.78 is 23.1. The lowest BCUT2D eigenvalue weighted by molar-refractivity contribution is -0.152. The predicted molar refractivity (Wildman–Crippen MR) is 124 cm³/mol. The van der Waals surface area contributed by atoms with Gasteiger partial charge in [-0.15, -0.1) is 0 Å². The Hall–Kier alpha value is -1.81. The number of carbonyl (C=O) groups is 2. The summed E-state index contributed by atoms with van der Waals surface area (Å²) in [5.41, 5.74) is 7.86. The highest BCUT2D eigenvalue weighted by Crippen LogP contribution is 2.40. The molecule has 0 spiro atoms. The minimum atomic E-state index is -2.17. The van der Waals surface area contributed by atoms with E-state index in [1.165, 1.54) is 7.11 Å². The van der Waals surface area contributed by atoms with Crippen molar-refractivity contribution in [1.82, 2.24) is 5.32 Å². The Morgan fingerprint density at radius 1 is 1.12 bits per heavy atom. The molecule has 1 amide bonds. The molecule has 1 aliphatic carbocycles. The maximum atomic E-state index is 12.6. The molecule has 1 aliphatic rings. The standard InChI is InChI=1S/C21H40N4O6Si/c1-20(2,3)30-19(27)24-15-13-16(29-11-10-23-25-22)17(12-14(15)18(26)28-7)31-32(8,9)21(4,5)6/h14-17H,10-13H2,1-9H3,(H,24,27)/t14-,15+,16+,17+/m0/s1. The molecule has 0 aromatic heterocycles. The topological polar surface area (TPSA) is 132 Å². The lowest BCUT2D eigenvalue weighted by Gasteiger charge is -2.46. The van der Waals surface area contributed by atoms with Crippen molar-refractivity contribution in [2.75, 3.05) is 20.3 Å². The number of azide groups is 1. The molecule has 0 radical (unpaired) electrons. The first-order valence-electron chi connectivity index (χ1n) is 11.0. The quantitative estimate of drug-likeness (QED) is 0.138. The third-order valence-corrected chi connectivity index (χ3v) is 10.4. The highest BCUT2D eigenvalue weighted by molar-refractivity contribution is 6.74. The molecule has 0 aliphatic heterocycles. The summed E-state index contributed by atoms with van der Waals surface area (Å²) in [6.45, 7) is 16.4. The molecule has 1 saturated carbocycles. The second-order valence-corrected chi connectivity index (χ2v) is 15.4. The highest BCUT2D eigenvalue weighted by Gasteiger charge is 2.47. The first-order chi connectivity index (χ1) is 14.6. The van der Waals surface area contributed by atoms with Gasteiger partial charge in [-0.3, -0.25) is 4.79 Å². The largest absolute Gasteiger partial charge is 0.469 e. The normalized spacial score (nSPS) is 24.3. The van der Waals surface area contributed by atoms with Crippen molar-refractivity contribution >= 4 is 20.4 Å². The van der Waals surface area contributed by atoms with Crippen LogP contribution in [0.1, 0.15) is 54.4 Å². The average Bonchev–Trinajstić information content (AvgIpc) is 2.63. The van der Waals surface area contributed by atoms with E-state index in [0.29, 0.717) is 12.8 Å². The van der Waals surface area contributed by atoms with Crippen molar-refractivity contribution in [2.45, 2.75) is 96.4 Å². The maximum Gasteiger partial charge on any atom is 0.407 e. The van der Waals surface area contributed by atoms with Crippen LogP contribution in [-0.4, -0.2) is 64.5 Å². The van der Waals surface area contributed by atoms with E-state index in [1.807, 2.05) is 0 Å². The van der Waals surface area contributed by atoms with Crippen molar-refractivity contribution in [2.24, 2.45) is 11.0 Å². The summed E-state index contributed by atoms with van der Waals surface area (Å²) in [6, 6.07) is -0.541. The molecule has 0 aromatic rings. The number of ether oxygens (including phenoxy) is 3. The van der Waals surface area contributed by atoms with Gasteiger partial charge in [-0.05, 0) is 57.3 Å². The molecule has 10 nitrogen and oxygen atoms in total. The molecule has 1 N–H and O–H groups in total. The van der Waals surface area contributed by atoms with Crippen LogP contribution in [0, 0.1) is 5.92 Å². The van der Waals surface area contributed by atoms with Crippen LogP contribution in [0.15, 0.2) is 5.11 Å². The van der Waals surface area contributed by atoms with E-state index in [2.05, 4.69) is 49.2 Å². The van der Waals surface area contributed by atoms with Gasteiger partial charge in [0.15, 0.2) is 8.32 Å². The van der Waals surface area contributed by atoms with E-state index in [4.69, 9.17) is 24.2 Å². The SMILES string of the molecule is COC(=O)[C@H]1C[C@@H](O[Si](C)(C)C(C)(C)C)[C@H](OCCN=[N+]=[N-])C[C@H]1NC(=O)OC(C)(C)C. The fourth-order valence-corrected chi connectivity index (χ4v) is 4.67. The molecular formula is C21H40N4O6Si. The molecular weight excluding hydrogens is 432 g/mol. The van der Waals surface area contributed by atoms with Crippen LogP contribution in [-0.2, 0) is 23.4 Å². The Morgan fingerprint density at radius 3 is 2.25 bits per heavy atom. The number of amides is 1. The minimum absolute atomic E-state index is 0.0327. The molecule has 0 aromatic carbocycles. The third-order valence-electron chi connectivity index (χ3n) is 5.92. The van der Waals surface area contributed by atoms with E-state index < -0.39 is 37.9 Å². The lowest BCUT2D eigenvalue weighted by Crippen LogP contribution is -2.57. The molecule has 0 unspecified atom stereocenters. The van der Waals surface area contributed by atoms with E-state index >= 15 is 0 Å². The number of hydrogen-bond donors (Lipinski definition) is 1. The Bertz CT molecular complexity index is 697. The molecule has 32 heavy (non-hydrogen) atoms. The van der Waals surface area contributed by atoms with Gasteiger partial charge in [0, 0.05) is 17.5 Å². The Morgan fingerprint density at radius 2 is 1.75 bits per heavy atom. The second-order valence-electron chi connectivity index (χ2n) is 10.6. The van der Waals surface area contributed by atoms with Crippen LogP contribution in [0.5, 0.6) is 0 Å². The van der Waals surface area contributed by atoms with Crippen LogP contribution >= 0.6 is 0 Å². The van der Waals surface area contributed by atoms with Crippen LogP contribution < -0.4 is 5.32 Å². The zero-order valence-electron chi connectivity index (χ0n) is 20.9. The van der Waals surface area contributed by atoms with Gasteiger partial charge >= 0.3 is 12.1 Å². The monoisotopic (exact) mass is 472 g/mol. The number of nitrogens with one attached hydrogen (secondary N) is 1. The maximum absolute atomic E-state index is 12.6. The molecule has 4 atom stereocenters.